The molecule has 1 atom stereocenters. The number of aliphatic carboxylic acids is 1. The number of hydrogen-bond acceptors (Lipinski definition) is 4. The van der Waals surface area contributed by atoms with Crippen LogP contribution in [-0.2, 0) is 9.53 Å². The summed E-state index contributed by atoms with van der Waals surface area (Å²) in [6, 6.07) is 2.95. The van der Waals surface area contributed by atoms with Crippen molar-refractivity contribution >= 4 is 11.8 Å². The number of nitrogens with zero attached hydrogens (tertiary/aromatic N) is 2. The summed E-state index contributed by atoms with van der Waals surface area (Å²) in [5.74, 6) is -0.528. The number of pyridine rings is 1. The van der Waals surface area contributed by atoms with Gasteiger partial charge in [0, 0.05) is 26.8 Å². The molecule has 5 nitrogen and oxygen atoms in total. The molecule has 1 fully saturated rings. The van der Waals surface area contributed by atoms with Gasteiger partial charge in [-0.15, -0.1) is 0 Å². The molecule has 0 amide bonds. The Balaban J connectivity index is 2.12. The van der Waals surface area contributed by atoms with Crippen molar-refractivity contribution in [3.05, 3.63) is 24.1 Å². The first-order valence-corrected chi connectivity index (χ1v) is 7.16. The fraction of sp³-hybridized carbons (Fsp3) is 0.600. The van der Waals surface area contributed by atoms with Crippen molar-refractivity contribution in [2.24, 2.45) is 5.41 Å². The molecule has 0 spiro atoms. The third kappa shape index (κ3) is 3.69. The number of hydrogen-bond donors (Lipinski definition) is 1. The van der Waals surface area contributed by atoms with E-state index >= 15 is 0 Å². The number of ether oxygens (including phenoxy) is 1. The fourth-order valence-electron chi connectivity index (χ4n) is 2.92. The summed E-state index contributed by atoms with van der Waals surface area (Å²) in [5.41, 5.74) is -0.771. The van der Waals surface area contributed by atoms with Gasteiger partial charge in [0.15, 0.2) is 0 Å². The topological polar surface area (TPSA) is 62.7 Å². The standard InChI is InChI=1S/C15H21FN2O3/c1-21-9-3-7-15(14(19)20)6-2-8-18(11-15)13-5-4-12(16)10-17-13/h4-5,10H,2-3,6-9,11H2,1H3,(H,19,20). The Bertz CT molecular complexity index is 480. The van der Waals surface area contributed by atoms with Gasteiger partial charge < -0.3 is 14.7 Å². The van der Waals surface area contributed by atoms with Crippen molar-refractivity contribution in [2.75, 3.05) is 31.7 Å². The second kappa shape index (κ2) is 6.85. The lowest BCUT2D eigenvalue weighted by atomic mass is 9.76. The van der Waals surface area contributed by atoms with E-state index in [0.29, 0.717) is 38.2 Å². The number of rotatable bonds is 6. The molecule has 6 heteroatoms. The van der Waals surface area contributed by atoms with Crippen LogP contribution in [0.5, 0.6) is 0 Å². The average molecular weight is 296 g/mol. The van der Waals surface area contributed by atoms with Crippen molar-refractivity contribution in [1.29, 1.82) is 0 Å². The maximum absolute atomic E-state index is 13.0. The molecule has 0 radical (unpaired) electrons. The molecule has 1 unspecified atom stereocenters. The van der Waals surface area contributed by atoms with E-state index in [4.69, 9.17) is 4.74 Å². The van der Waals surface area contributed by atoms with Crippen LogP contribution in [0.2, 0.25) is 0 Å². The predicted octanol–water partition coefficient (Wildman–Crippen LogP) is 2.32. The summed E-state index contributed by atoms with van der Waals surface area (Å²) in [4.78, 5) is 17.7. The first kappa shape index (κ1) is 15.7. The van der Waals surface area contributed by atoms with Gasteiger partial charge >= 0.3 is 5.97 Å². The van der Waals surface area contributed by atoms with E-state index in [1.54, 1.807) is 13.2 Å². The van der Waals surface area contributed by atoms with E-state index in [2.05, 4.69) is 4.98 Å². The Labute approximate surface area is 123 Å². The average Bonchev–Trinajstić information content (AvgIpc) is 2.48. The smallest absolute Gasteiger partial charge is 0.311 e. The number of carboxylic acids is 1. The highest BCUT2D eigenvalue weighted by Crippen LogP contribution is 2.36. The first-order valence-electron chi connectivity index (χ1n) is 7.16. The number of halogens is 1. The first-order chi connectivity index (χ1) is 10.1. The molecule has 21 heavy (non-hydrogen) atoms. The van der Waals surface area contributed by atoms with Gasteiger partial charge in [-0.2, -0.15) is 0 Å². The van der Waals surface area contributed by atoms with Crippen LogP contribution in [-0.4, -0.2) is 42.9 Å². The van der Waals surface area contributed by atoms with Crippen LogP contribution >= 0.6 is 0 Å². The van der Waals surface area contributed by atoms with Crippen LogP contribution in [0.3, 0.4) is 0 Å². The zero-order valence-electron chi connectivity index (χ0n) is 12.2. The van der Waals surface area contributed by atoms with E-state index in [9.17, 15) is 14.3 Å². The molecule has 1 saturated heterocycles. The Morgan fingerprint density at radius 1 is 1.57 bits per heavy atom. The minimum atomic E-state index is -0.773. The molecular formula is C15H21FN2O3. The van der Waals surface area contributed by atoms with Crippen LogP contribution in [0, 0.1) is 11.2 Å². The molecule has 1 aromatic rings. The van der Waals surface area contributed by atoms with Gasteiger partial charge in [0.05, 0.1) is 11.6 Å². The lowest BCUT2D eigenvalue weighted by molar-refractivity contribution is -0.150. The summed E-state index contributed by atoms with van der Waals surface area (Å²) >= 11 is 0. The molecule has 1 aliphatic rings. The maximum Gasteiger partial charge on any atom is 0.311 e. The van der Waals surface area contributed by atoms with Gasteiger partial charge in [-0.25, -0.2) is 9.37 Å². The zero-order chi connectivity index (χ0) is 15.3. The SMILES string of the molecule is COCCCC1(C(=O)O)CCCN(c2ccc(F)cn2)C1. The number of anilines is 1. The summed E-state index contributed by atoms with van der Waals surface area (Å²) in [6.07, 6.45) is 3.90. The van der Waals surface area contributed by atoms with Crippen molar-refractivity contribution in [1.82, 2.24) is 4.98 Å². The molecule has 116 valence electrons. The second-order valence-corrected chi connectivity index (χ2v) is 5.54. The summed E-state index contributed by atoms with van der Waals surface area (Å²) < 4.78 is 18.0. The van der Waals surface area contributed by atoms with Crippen molar-refractivity contribution < 1.29 is 19.0 Å². The van der Waals surface area contributed by atoms with Crippen LogP contribution in [0.15, 0.2) is 18.3 Å². The van der Waals surface area contributed by atoms with Gasteiger partial charge in [0.2, 0.25) is 0 Å². The van der Waals surface area contributed by atoms with Crippen molar-refractivity contribution in [3.8, 4) is 0 Å². The monoisotopic (exact) mass is 296 g/mol. The zero-order valence-corrected chi connectivity index (χ0v) is 12.2. The molecule has 0 aliphatic carbocycles. The lowest BCUT2D eigenvalue weighted by Gasteiger charge is -2.40. The van der Waals surface area contributed by atoms with E-state index < -0.39 is 11.4 Å². The minimum Gasteiger partial charge on any atom is -0.481 e. The number of carbonyl (C=O) groups is 1. The summed E-state index contributed by atoms with van der Waals surface area (Å²) in [6.45, 7) is 1.71. The van der Waals surface area contributed by atoms with Gasteiger partial charge in [0.25, 0.3) is 0 Å². The van der Waals surface area contributed by atoms with Gasteiger partial charge in [-0.3, -0.25) is 4.79 Å². The van der Waals surface area contributed by atoms with E-state index in [0.717, 1.165) is 19.2 Å². The highest BCUT2D eigenvalue weighted by Gasteiger charge is 2.42. The highest BCUT2D eigenvalue weighted by molar-refractivity contribution is 5.76. The summed E-state index contributed by atoms with van der Waals surface area (Å²) in [5, 5.41) is 9.65. The number of carboxylic acid groups (broad SMARTS) is 1. The van der Waals surface area contributed by atoms with Crippen LogP contribution in [0.25, 0.3) is 0 Å². The third-order valence-electron chi connectivity index (χ3n) is 4.07. The Morgan fingerprint density at radius 2 is 2.38 bits per heavy atom. The molecule has 0 saturated carbocycles. The van der Waals surface area contributed by atoms with E-state index in [1.807, 2.05) is 4.90 Å². The Hall–Kier alpha value is -1.69. The van der Waals surface area contributed by atoms with Gasteiger partial charge in [-0.1, -0.05) is 0 Å². The van der Waals surface area contributed by atoms with Crippen molar-refractivity contribution in [3.63, 3.8) is 0 Å². The van der Waals surface area contributed by atoms with E-state index in [1.165, 1.54) is 6.07 Å². The third-order valence-corrected chi connectivity index (χ3v) is 4.07. The molecule has 0 bridgehead atoms. The number of piperidine rings is 1. The Morgan fingerprint density at radius 3 is 3.00 bits per heavy atom. The molecule has 0 aromatic carbocycles. The quantitative estimate of drug-likeness (QED) is 0.816. The predicted molar refractivity (Wildman–Crippen MR) is 76.8 cm³/mol. The molecule has 1 N–H and O–H groups in total. The lowest BCUT2D eigenvalue weighted by Crippen LogP contribution is -2.48. The van der Waals surface area contributed by atoms with Gasteiger partial charge in [0.1, 0.15) is 11.6 Å². The van der Waals surface area contributed by atoms with E-state index in [-0.39, 0.29) is 5.82 Å². The maximum atomic E-state index is 13.0. The molecule has 1 aliphatic heterocycles. The summed E-state index contributed by atoms with van der Waals surface area (Å²) in [7, 11) is 1.61. The molecule has 1 aromatic heterocycles. The van der Waals surface area contributed by atoms with Crippen LogP contribution in [0.1, 0.15) is 25.7 Å². The van der Waals surface area contributed by atoms with Crippen molar-refractivity contribution in [2.45, 2.75) is 25.7 Å². The largest absolute Gasteiger partial charge is 0.481 e. The normalized spacial score (nSPS) is 22.3. The second-order valence-electron chi connectivity index (χ2n) is 5.54. The molecule has 2 heterocycles. The Kier molecular flexibility index (Phi) is 5.12. The van der Waals surface area contributed by atoms with Gasteiger partial charge in [-0.05, 0) is 37.8 Å². The van der Waals surface area contributed by atoms with Crippen LogP contribution < -0.4 is 4.90 Å². The highest BCUT2D eigenvalue weighted by atomic mass is 19.1. The number of methoxy groups -OCH3 is 1. The fourth-order valence-corrected chi connectivity index (χ4v) is 2.92. The number of aromatic nitrogens is 1. The molecule has 2 rings (SSSR count). The molecular weight excluding hydrogens is 275 g/mol. The van der Waals surface area contributed by atoms with Crippen LogP contribution in [0.4, 0.5) is 10.2 Å². The minimum absolute atomic E-state index is 0.389.